The van der Waals surface area contributed by atoms with E-state index in [0.717, 1.165) is 32.1 Å². The Balaban J connectivity index is 1.85. The second-order valence-corrected chi connectivity index (χ2v) is 10.7. The maximum atomic E-state index is 13.4. The van der Waals surface area contributed by atoms with Crippen LogP contribution in [0.5, 0.6) is 0 Å². The molecule has 1 aromatic carbocycles. The van der Waals surface area contributed by atoms with Crippen molar-refractivity contribution in [1.29, 1.82) is 5.26 Å². The number of amides is 1. The molecule has 2 aromatic rings. The largest absolute Gasteiger partial charge is 0.326 e. The highest BCUT2D eigenvalue weighted by Gasteiger charge is 2.38. The van der Waals surface area contributed by atoms with Crippen LogP contribution in [0.3, 0.4) is 0 Å². The molecule has 7 nitrogen and oxygen atoms in total. The van der Waals surface area contributed by atoms with Gasteiger partial charge < -0.3 is 4.90 Å². The lowest BCUT2D eigenvalue weighted by atomic mass is 9.81. The predicted octanol–water partition coefficient (Wildman–Crippen LogP) is 4.29. The molecule has 1 heterocycles. The van der Waals surface area contributed by atoms with Gasteiger partial charge in [-0.1, -0.05) is 43.2 Å². The fourth-order valence-corrected chi connectivity index (χ4v) is 5.84. The van der Waals surface area contributed by atoms with Crippen molar-refractivity contribution in [2.75, 3.05) is 19.3 Å². The first kappa shape index (κ1) is 26.2. The Morgan fingerprint density at radius 1 is 1.18 bits per heavy atom. The second-order valence-electron chi connectivity index (χ2n) is 9.74. The van der Waals surface area contributed by atoms with E-state index in [1.165, 1.54) is 11.8 Å². The Hall–Kier alpha value is -2.37. The van der Waals surface area contributed by atoms with Crippen LogP contribution in [-0.2, 0) is 11.3 Å². The van der Waals surface area contributed by atoms with Crippen molar-refractivity contribution in [2.24, 2.45) is 0 Å². The summed E-state index contributed by atoms with van der Waals surface area (Å²) in [5, 5.41) is 11.0. The minimum absolute atomic E-state index is 0.0814. The van der Waals surface area contributed by atoms with Gasteiger partial charge in [-0.2, -0.15) is 5.26 Å². The first-order valence-corrected chi connectivity index (χ1v) is 13.2. The molecule has 0 aliphatic heterocycles. The summed E-state index contributed by atoms with van der Waals surface area (Å²) in [4.78, 5) is 35.2. The maximum absolute atomic E-state index is 13.4. The molecule has 0 unspecified atom stereocenters. The number of thioether (sulfide) groups is 1. The summed E-state index contributed by atoms with van der Waals surface area (Å²) in [5.41, 5.74) is -0.166. The highest BCUT2D eigenvalue weighted by atomic mass is 32.2. The number of nitrogens with zero attached hydrogens (tertiary/aromatic N) is 5. The molecular weight excluding hydrogens is 446 g/mol. The third-order valence-electron chi connectivity index (χ3n) is 6.96. The summed E-state index contributed by atoms with van der Waals surface area (Å²) in [6.45, 7) is 9.84. The summed E-state index contributed by atoms with van der Waals surface area (Å²) in [7, 11) is 1.74. The molecule has 0 radical (unpaired) electrons. The van der Waals surface area contributed by atoms with Gasteiger partial charge in [0.1, 0.15) is 5.54 Å². The van der Waals surface area contributed by atoms with Crippen LogP contribution < -0.4 is 5.56 Å². The van der Waals surface area contributed by atoms with E-state index in [1.807, 2.05) is 18.2 Å². The smallest absolute Gasteiger partial charge is 0.262 e. The SMILES string of the molecule is CC(C)N(CCn1c(SCC(=O)N(C)C2(C#N)CCCCC2)nc2ccccc2c1=O)C(C)C. The summed E-state index contributed by atoms with van der Waals surface area (Å²) in [6, 6.07) is 10.5. The van der Waals surface area contributed by atoms with Gasteiger partial charge in [0, 0.05) is 32.2 Å². The highest BCUT2D eigenvalue weighted by molar-refractivity contribution is 7.99. The average molecular weight is 484 g/mol. The first-order chi connectivity index (χ1) is 16.2. The number of rotatable bonds is 9. The van der Waals surface area contributed by atoms with Crippen LogP contribution in [0.15, 0.2) is 34.2 Å². The Morgan fingerprint density at radius 3 is 2.44 bits per heavy atom. The van der Waals surface area contributed by atoms with Crippen LogP contribution in [0.4, 0.5) is 0 Å². The third kappa shape index (κ3) is 5.64. The lowest BCUT2D eigenvalue weighted by Crippen LogP contribution is -2.50. The average Bonchev–Trinajstić information content (AvgIpc) is 2.83. The number of nitriles is 1. The Kier molecular flexibility index (Phi) is 8.78. The fraction of sp³-hybridized carbons (Fsp3) is 0.615. The van der Waals surface area contributed by atoms with Crippen molar-refractivity contribution < 1.29 is 4.79 Å². The quantitative estimate of drug-likeness (QED) is 0.391. The number of para-hydroxylation sites is 1. The van der Waals surface area contributed by atoms with Gasteiger partial charge in [-0.05, 0) is 52.7 Å². The van der Waals surface area contributed by atoms with Crippen molar-refractivity contribution in [3.63, 3.8) is 0 Å². The molecule has 3 rings (SSSR count). The van der Waals surface area contributed by atoms with Crippen molar-refractivity contribution in [1.82, 2.24) is 19.4 Å². The molecule has 1 fully saturated rings. The topological polar surface area (TPSA) is 82.2 Å². The number of benzene rings is 1. The number of hydrogen-bond donors (Lipinski definition) is 0. The van der Waals surface area contributed by atoms with E-state index in [0.29, 0.717) is 41.2 Å². The zero-order valence-electron chi connectivity index (χ0n) is 21.1. The lowest BCUT2D eigenvalue weighted by molar-refractivity contribution is -0.131. The van der Waals surface area contributed by atoms with Crippen molar-refractivity contribution in [3.05, 3.63) is 34.6 Å². The molecule has 8 heteroatoms. The molecule has 1 aromatic heterocycles. The number of aromatic nitrogens is 2. The Labute approximate surface area is 207 Å². The number of carbonyl (C=O) groups excluding carboxylic acids is 1. The fourth-order valence-electron chi connectivity index (χ4n) is 4.90. The molecule has 0 atom stereocenters. The van der Waals surface area contributed by atoms with Gasteiger partial charge in [0.2, 0.25) is 5.91 Å². The zero-order chi connectivity index (χ0) is 24.9. The minimum atomic E-state index is -0.721. The molecule has 0 saturated heterocycles. The molecule has 184 valence electrons. The van der Waals surface area contributed by atoms with Gasteiger partial charge in [-0.15, -0.1) is 0 Å². The van der Waals surface area contributed by atoms with Crippen molar-refractivity contribution in [2.45, 2.75) is 89.1 Å². The van der Waals surface area contributed by atoms with E-state index in [-0.39, 0.29) is 17.2 Å². The number of fused-ring (bicyclic) bond motifs is 1. The van der Waals surface area contributed by atoms with Crippen LogP contribution in [0.1, 0.15) is 59.8 Å². The molecule has 0 bridgehead atoms. The lowest BCUT2D eigenvalue weighted by Gasteiger charge is -2.39. The van der Waals surface area contributed by atoms with Gasteiger partial charge in [0.05, 0.1) is 22.7 Å². The summed E-state index contributed by atoms with van der Waals surface area (Å²) in [5.74, 6) is 0.0383. The highest BCUT2D eigenvalue weighted by Crippen LogP contribution is 2.33. The summed E-state index contributed by atoms with van der Waals surface area (Å²) in [6.07, 6.45) is 4.47. The molecule has 1 saturated carbocycles. The third-order valence-corrected chi connectivity index (χ3v) is 7.93. The van der Waals surface area contributed by atoms with Crippen LogP contribution in [-0.4, -0.2) is 62.2 Å². The minimum Gasteiger partial charge on any atom is -0.326 e. The molecular formula is C26H37N5O2S. The van der Waals surface area contributed by atoms with E-state index in [4.69, 9.17) is 4.98 Å². The van der Waals surface area contributed by atoms with E-state index >= 15 is 0 Å². The Bertz CT molecular complexity index is 1090. The standard InChI is InChI=1S/C26H37N5O2S/c1-19(2)30(20(3)4)15-16-31-24(33)21-11-7-8-12-22(21)28-25(31)34-17-23(32)29(5)26(18-27)13-9-6-10-14-26/h7-8,11-12,19-20H,6,9-10,13-17H2,1-5H3. The van der Waals surface area contributed by atoms with E-state index in [2.05, 4.69) is 38.7 Å². The zero-order valence-corrected chi connectivity index (χ0v) is 21.9. The predicted molar refractivity (Wildman–Crippen MR) is 138 cm³/mol. The summed E-state index contributed by atoms with van der Waals surface area (Å²) >= 11 is 1.29. The van der Waals surface area contributed by atoms with Crippen LogP contribution in [0.2, 0.25) is 0 Å². The normalized spacial score (nSPS) is 15.7. The van der Waals surface area contributed by atoms with Crippen LogP contribution in [0.25, 0.3) is 10.9 Å². The van der Waals surface area contributed by atoms with Crippen molar-refractivity contribution in [3.8, 4) is 6.07 Å². The van der Waals surface area contributed by atoms with E-state index in [1.54, 1.807) is 22.6 Å². The Morgan fingerprint density at radius 2 is 1.82 bits per heavy atom. The molecule has 1 amide bonds. The molecule has 0 spiro atoms. The van der Waals surface area contributed by atoms with Gasteiger partial charge in [-0.25, -0.2) is 4.98 Å². The van der Waals surface area contributed by atoms with Gasteiger partial charge >= 0.3 is 0 Å². The molecule has 0 N–H and O–H groups in total. The number of carbonyl (C=O) groups is 1. The van der Waals surface area contributed by atoms with Crippen LogP contribution in [0, 0.1) is 11.3 Å². The van der Waals surface area contributed by atoms with E-state index in [9.17, 15) is 14.9 Å². The maximum Gasteiger partial charge on any atom is 0.262 e. The molecule has 34 heavy (non-hydrogen) atoms. The number of hydrogen-bond acceptors (Lipinski definition) is 6. The van der Waals surface area contributed by atoms with Crippen molar-refractivity contribution >= 4 is 28.6 Å². The molecule has 1 aliphatic rings. The van der Waals surface area contributed by atoms with E-state index < -0.39 is 5.54 Å². The first-order valence-electron chi connectivity index (χ1n) is 12.3. The van der Waals surface area contributed by atoms with Gasteiger partial charge in [-0.3, -0.25) is 19.1 Å². The second kappa shape index (κ2) is 11.4. The molecule has 1 aliphatic carbocycles. The van der Waals surface area contributed by atoms with Gasteiger partial charge in [0.25, 0.3) is 5.56 Å². The van der Waals surface area contributed by atoms with Gasteiger partial charge in [0.15, 0.2) is 5.16 Å². The summed E-state index contributed by atoms with van der Waals surface area (Å²) < 4.78 is 1.71. The monoisotopic (exact) mass is 483 g/mol. The van der Waals surface area contributed by atoms with Crippen LogP contribution >= 0.6 is 11.8 Å².